The van der Waals surface area contributed by atoms with E-state index in [1.165, 1.54) is 0 Å². The minimum Gasteiger partial charge on any atom is -0.351 e. The summed E-state index contributed by atoms with van der Waals surface area (Å²) in [6.07, 6.45) is 1.30. The van der Waals surface area contributed by atoms with E-state index in [1.54, 1.807) is 4.90 Å². The van der Waals surface area contributed by atoms with E-state index in [1.807, 2.05) is 13.8 Å². The lowest BCUT2D eigenvalue weighted by Crippen LogP contribution is -2.49. The van der Waals surface area contributed by atoms with Gasteiger partial charge in [0.2, 0.25) is 10.0 Å². The molecule has 0 unspecified atom stereocenters. The van der Waals surface area contributed by atoms with E-state index in [2.05, 4.69) is 16.3 Å². The predicted octanol–water partition coefficient (Wildman–Crippen LogP) is 2.26. The van der Waals surface area contributed by atoms with Gasteiger partial charge in [0.15, 0.2) is 5.82 Å². The summed E-state index contributed by atoms with van der Waals surface area (Å²) < 4.78 is 54.0. The van der Waals surface area contributed by atoms with Gasteiger partial charge in [-0.05, 0) is 36.6 Å². The molecule has 154 valence electrons. The molecule has 1 aromatic heterocycles. The van der Waals surface area contributed by atoms with Gasteiger partial charge < -0.3 is 4.90 Å². The number of anilines is 1. The van der Waals surface area contributed by atoms with Gasteiger partial charge in [-0.25, -0.2) is 17.2 Å². The number of rotatable bonds is 5. The van der Waals surface area contributed by atoms with Crippen LogP contribution in [0.4, 0.5) is 14.6 Å². The Balaban J connectivity index is 1.84. The van der Waals surface area contributed by atoms with Gasteiger partial charge in [-0.1, -0.05) is 13.8 Å². The second kappa shape index (κ2) is 8.39. The van der Waals surface area contributed by atoms with Crippen molar-refractivity contribution >= 4 is 15.8 Å². The molecule has 1 aromatic carbocycles. The van der Waals surface area contributed by atoms with Crippen molar-refractivity contribution < 1.29 is 17.2 Å². The highest BCUT2D eigenvalue weighted by molar-refractivity contribution is 7.89. The summed E-state index contributed by atoms with van der Waals surface area (Å²) in [6.45, 7) is 4.52. The molecule has 10 heteroatoms. The van der Waals surface area contributed by atoms with Crippen LogP contribution in [-0.4, -0.2) is 49.1 Å². The van der Waals surface area contributed by atoms with Gasteiger partial charge in [-0.3, -0.25) is 0 Å². The van der Waals surface area contributed by atoms with Gasteiger partial charge in [0.05, 0.1) is 5.69 Å². The lowest BCUT2D eigenvalue weighted by Gasteiger charge is -2.35. The second-order valence-corrected chi connectivity index (χ2v) is 8.51. The molecular weight excluding hydrogens is 400 g/mol. The zero-order valence-electron chi connectivity index (χ0n) is 16.2. The Hall–Kier alpha value is -2.64. The van der Waals surface area contributed by atoms with Gasteiger partial charge in [-0.2, -0.15) is 14.7 Å². The standard InChI is InChI=1S/C19H21F2N5O2S/c1-3-14-15(12-22)19(24-23-17(14)4-2)25-7-9-26(10-8-25)29(27,28)18-11-13(20)5-6-16(18)21/h5-6,11H,3-4,7-10H2,1-2H3. The summed E-state index contributed by atoms with van der Waals surface area (Å²) in [5.41, 5.74) is 2.07. The van der Waals surface area contributed by atoms with Gasteiger partial charge in [0.1, 0.15) is 28.2 Å². The van der Waals surface area contributed by atoms with Crippen LogP contribution >= 0.6 is 0 Å². The molecule has 0 bridgehead atoms. The van der Waals surface area contributed by atoms with Crippen molar-refractivity contribution in [2.45, 2.75) is 31.6 Å². The molecule has 0 atom stereocenters. The number of piperazine rings is 1. The van der Waals surface area contributed by atoms with E-state index in [4.69, 9.17) is 0 Å². The number of hydrogen-bond donors (Lipinski definition) is 0. The first kappa shape index (κ1) is 21.1. The van der Waals surface area contributed by atoms with Crippen molar-refractivity contribution in [2.75, 3.05) is 31.1 Å². The van der Waals surface area contributed by atoms with Crippen molar-refractivity contribution in [1.29, 1.82) is 5.26 Å². The van der Waals surface area contributed by atoms with Crippen LogP contribution < -0.4 is 4.90 Å². The second-order valence-electron chi connectivity index (χ2n) is 6.61. The Labute approximate surface area is 168 Å². The summed E-state index contributed by atoms with van der Waals surface area (Å²) in [6, 6.07) is 4.56. The smallest absolute Gasteiger partial charge is 0.246 e. The van der Waals surface area contributed by atoms with Crippen LogP contribution in [0, 0.1) is 23.0 Å². The van der Waals surface area contributed by atoms with Crippen LogP contribution in [0.1, 0.15) is 30.7 Å². The van der Waals surface area contributed by atoms with Gasteiger partial charge >= 0.3 is 0 Å². The average Bonchev–Trinajstić information content (AvgIpc) is 2.74. The number of aromatic nitrogens is 2. The SMILES string of the molecule is CCc1nnc(N2CCN(S(=O)(=O)c3cc(F)ccc3F)CC2)c(C#N)c1CC. The van der Waals surface area contributed by atoms with Gasteiger partial charge in [-0.15, -0.1) is 5.10 Å². The number of nitriles is 1. The van der Waals surface area contributed by atoms with Crippen molar-refractivity contribution in [3.8, 4) is 6.07 Å². The number of sulfonamides is 1. The molecule has 0 aliphatic carbocycles. The van der Waals surface area contributed by atoms with Crippen LogP contribution in [-0.2, 0) is 22.9 Å². The molecule has 0 N–H and O–H groups in total. The fourth-order valence-electron chi connectivity index (χ4n) is 3.46. The summed E-state index contributed by atoms with van der Waals surface area (Å²) in [5, 5.41) is 18.1. The summed E-state index contributed by atoms with van der Waals surface area (Å²) in [5.74, 6) is -1.38. The lowest BCUT2D eigenvalue weighted by atomic mass is 10.0. The number of halogens is 2. The Bertz CT molecular complexity index is 1060. The van der Waals surface area contributed by atoms with E-state index in [0.717, 1.165) is 27.7 Å². The average molecular weight is 421 g/mol. The summed E-state index contributed by atoms with van der Waals surface area (Å²) in [4.78, 5) is 1.13. The van der Waals surface area contributed by atoms with Gasteiger partial charge in [0.25, 0.3) is 0 Å². The van der Waals surface area contributed by atoms with Crippen LogP contribution in [0.5, 0.6) is 0 Å². The van der Waals surface area contributed by atoms with Crippen molar-refractivity contribution in [3.63, 3.8) is 0 Å². The topological polar surface area (TPSA) is 90.2 Å². The van der Waals surface area contributed by atoms with Gasteiger partial charge in [0, 0.05) is 26.2 Å². The third-order valence-electron chi connectivity index (χ3n) is 4.99. The van der Waals surface area contributed by atoms with Crippen LogP contribution in [0.3, 0.4) is 0 Å². The fraction of sp³-hybridized carbons (Fsp3) is 0.421. The largest absolute Gasteiger partial charge is 0.351 e. The number of nitrogens with zero attached hydrogens (tertiary/aromatic N) is 5. The van der Waals surface area contributed by atoms with Crippen LogP contribution in [0.25, 0.3) is 0 Å². The Kier molecular flexibility index (Phi) is 6.10. The number of hydrogen-bond acceptors (Lipinski definition) is 6. The molecule has 7 nitrogen and oxygen atoms in total. The van der Waals surface area contributed by atoms with Crippen LogP contribution in [0.2, 0.25) is 0 Å². The number of aryl methyl sites for hydroxylation is 1. The van der Waals surface area contributed by atoms with Crippen molar-refractivity contribution in [3.05, 3.63) is 46.7 Å². The zero-order chi connectivity index (χ0) is 21.2. The molecule has 1 saturated heterocycles. The molecule has 0 spiro atoms. The molecule has 1 aliphatic heterocycles. The zero-order valence-corrected chi connectivity index (χ0v) is 17.0. The summed E-state index contributed by atoms with van der Waals surface area (Å²) >= 11 is 0. The maximum Gasteiger partial charge on any atom is 0.246 e. The Morgan fingerprint density at radius 2 is 1.79 bits per heavy atom. The first-order chi connectivity index (χ1) is 13.8. The third-order valence-corrected chi connectivity index (χ3v) is 6.90. The Morgan fingerprint density at radius 1 is 1.10 bits per heavy atom. The number of benzene rings is 1. The molecule has 0 saturated carbocycles. The predicted molar refractivity (Wildman–Crippen MR) is 103 cm³/mol. The molecule has 2 heterocycles. The molecule has 0 amide bonds. The maximum absolute atomic E-state index is 14.0. The minimum atomic E-state index is -4.17. The van der Waals surface area contributed by atoms with E-state index < -0.39 is 26.6 Å². The lowest BCUT2D eigenvalue weighted by molar-refractivity contribution is 0.380. The molecule has 29 heavy (non-hydrogen) atoms. The highest BCUT2D eigenvalue weighted by Crippen LogP contribution is 2.26. The minimum absolute atomic E-state index is 0.0574. The monoisotopic (exact) mass is 421 g/mol. The van der Waals surface area contributed by atoms with Crippen molar-refractivity contribution in [1.82, 2.24) is 14.5 Å². The molecule has 1 fully saturated rings. The first-order valence-electron chi connectivity index (χ1n) is 9.32. The highest BCUT2D eigenvalue weighted by atomic mass is 32.2. The normalized spacial score (nSPS) is 15.3. The van der Waals surface area contributed by atoms with E-state index >= 15 is 0 Å². The molecule has 3 rings (SSSR count). The van der Waals surface area contributed by atoms with Crippen LogP contribution in [0.15, 0.2) is 23.1 Å². The van der Waals surface area contributed by atoms with Crippen molar-refractivity contribution in [2.24, 2.45) is 0 Å². The van der Waals surface area contributed by atoms with E-state index in [-0.39, 0.29) is 26.2 Å². The molecule has 1 aliphatic rings. The quantitative estimate of drug-likeness (QED) is 0.736. The molecule has 2 aromatic rings. The first-order valence-corrected chi connectivity index (χ1v) is 10.8. The van der Waals surface area contributed by atoms with E-state index in [9.17, 15) is 22.5 Å². The summed E-state index contributed by atoms with van der Waals surface area (Å²) in [7, 11) is -4.17. The molecule has 0 radical (unpaired) electrons. The van der Waals surface area contributed by atoms with E-state index in [0.29, 0.717) is 30.3 Å². The Morgan fingerprint density at radius 3 is 2.38 bits per heavy atom. The maximum atomic E-state index is 14.0. The fourth-order valence-corrected chi connectivity index (χ4v) is 4.95. The molecular formula is C19H21F2N5O2S. The highest BCUT2D eigenvalue weighted by Gasteiger charge is 2.32. The third kappa shape index (κ3) is 3.93.